The van der Waals surface area contributed by atoms with Crippen LogP contribution in [0.15, 0.2) is 0 Å². The predicted octanol–water partition coefficient (Wildman–Crippen LogP) is -0.164. The molecule has 9 heteroatoms. The molecule has 0 aliphatic heterocycles. The molecule has 1 unspecified atom stereocenters. The van der Waals surface area contributed by atoms with E-state index in [0.717, 1.165) is 0 Å². The van der Waals surface area contributed by atoms with Gasteiger partial charge in [-0.3, -0.25) is 19.2 Å². The fraction of sp³-hybridized carbons (Fsp3) is 0.800. The van der Waals surface area contributed by atoms with Crippen LogP contribution in [-0.4, -0.2) is 61.8 Å². The third kappa shape index (κ3) is 14.6. The number of nitrogens with one attached hydrogen (secondary N) is 4. The number of hydrogen-bond acceptors (Lipinski definition) is 6. The molecule has 0 saturated carbocycles. The molecule has 0 bridgehead atoms. The molecule has 0 aromatic rings. The zero-order valence-corrected chi connectivity index (χ0v) is 18.3. The molecule has 0 heterocycles. The quantitative estimate of drug-likeness (QED) is 0.223. The van der Waals surface area contributed by atoms with Crippen LogP contribution in [-0.2, 0) is 19.2 Å². The van der Waals surface area contributed by atoms with Gasteiger partial charge in [0.2, 0.25) is 17.7 Å². The Labute approximate surface area is 174 Å². The largest absolute Gasteiger partial charge is 0.355 e. The Morgan fingerprint density at radius 1 is 0.828 bits per heavy atom. The lowest BCUT2D eigenvalue weighted by Gasteiger charge is -2.19. The van der Waals surface area contributed by atoms with Gasteiger partial charge in [0, 0.05) is 57.4 Å². The number of nitrogens with two attached hydrogens (primary N) is 1. The fourth-order valence-corrected chi connectivity index (χ4v) is 2.49. The minimum atomic E-state index is -0.800. The van der Waals surface area contributed by atoms with Gasteiger partial charge in [0.25, 0.3) is 0 Å². The van der Waals surface area contributed by atoms with Gasteiger partial charge >= 0.3 is 0 Å². The summed E-state index contributed by atoms with van der Waals surface area (Å²) >= 11 is 0. The van der Waals surface area contributed by atoms with Crippen molar-refractivity contribution in [2.45, 2.75) is 71.9 Å². The highest BCUT2D eigenvalue weighted by molar-refractivity contribution is 5.88. The van der Waals surface area contributed by atoms with Crippen molar-refractivity contribution >= 4 is 23.5 Å². The Kier molecular flexibility index (Phi) is 14.8. The lowest BCUT2D eigenvalue weighted by molar-refractivity contribution is -0.130. The molecule has 0 spiro atoms. The molecule has 1 atom stereocenters. The van der Waals surface area contributed by atoms with E-state index in [1.807, 2.05) is 27.7 Å². The van der Waals surface area contributed by atoms with E-state index in [-0.39, 0.29) is 48.7 Å². The van der Waals surface area contributed by atoms with Gasteiger partial charge in [-0.25, -0.2) is 0 Å². The third-order valence-electron chi connectivity index (χ3n) is 4.23. The highest BCUT2D eigenvalue weighted by Gasteiger charge is 2.21. The molecule has 0 radical (unpaired) electrons. The van der Waals surface area contributed by atoms with Crippen LogP contribution in [0.5, 0.6) is 0 Å². The summed E-state index contributed by atoms with van der Waals surface area (Å²) in [5.74, 6) is -0.783. The van der Waals surface area contributed by atoms with E-state index in [1.165, 1.54) is 0 Å². The Bertz CT molecular complexity index is 523. The van der Waals surface area contributed by atoms with Gasteiger partial charge in [0.05, 0.1) is 0 Å². The van der Waals surface area contributed by atoms with Gasteiger partial charge < -0.3 is 27.0 Å². The van der Waals surface area contributed by atoms with Gasteiger partial charge in [0.15, 0.2) is 0 Å². The van der Waals surface area contributed by atoms with Crippen molar-refractivity contribution in [3.63, 3.8) is 0 Å². The average Bonchev–Trinajstić information content (AvgIpc) is 2.66. The summed E-state index contributed by atoms with van der Waals surface area (Å²) in [5.41, 5.74) is 5.36. The fourth-order valence-electron chi connectivity index (χ4n) is 2.49. The van der Waals surface area contributed by atoms with E-state index in [4.69, 9.17) is 5.73 Å². The van der Waals surface area contributed by atoms with Crippen LogP contribution in [0, 0.1) is 5.92 Å². The normalized spacial score (nSPS) is 12.0. The number of ketones is 1. The highest BCUT2D eigenvalue weighted by atomic mass is 16.2. The first-order valence-corrected chi connectivity index (χ1v) is 10.5. The number of amides is 3. The van der Waals surface area contributed by atoms with Crippen LogP contribution < -0.4 is 27.0 Å². The minimum absolute atomic E-state index is 0.0527. The van der Waals surface area contributed by atoms with Gasteiger partial charge in [-0.15, -0.1) is 0 Å². The molecule has 0 aromatic carbocycles. The monoisotopic (exact) mass is 413 g/mol. The summed E-state index contributed by atoms with van der Waals surface area (Å²) < 4.78 is 0. The molecule has 3 amide bonds. The Morgan fingerprint density at radius 2 is 1.52 bits per heavy atom. The molecule has 0 saturated heterocycles. The van der Waals surface area contributed by atoms with Crippen molar-refractivity contribution in [2.75, 3.05) is 26.2 Å². The molecule has 0 rings (SSSR count). The molecule has 0 aliphatic carbocycles. The first kappa shape index (κ1) is 27.0. The maximum Gasteiger partial charge on any atom is 0.242 e. The summed E-state index contributed by atoms with van der Waals surface area (Å²) in [6.07, 6.45) is 1.23. The maximum absolute atomic E-state index is 12.5. The molecule has 0 aliphatic rings. The third-order valence-corrected chi connectivity index (χ3v) is 4.23. The number of carbonyl (C=O) groups is 4. The minimum Gasteiger partial charge on any atom is -0.355 e. The van der Waals surface area contributed by atoms with Crippen molar-refractivity contribution in [1.82, 2.24) is 21.3 Å². The SMILES string of the molecule is CC(C)NCCNC(=O)C(CCC(=O)NCCN)NC(=O)CCCC(=O)C(C)C. The molecule has 0 aromatic heterocycles. The maximum atomic E-state index is 12.5. The van der Waals surface area contributed by atoms with Crippen LogP contribution in [0.4, 0.5) is 0 Å². The van der Waals surface area contributed by atoms with Gasteiger partial charge in [-0.1, -0.05) is 27.7 Å². The van der Waals surface area contributed by atoms with Crippen molar-refractivity contribution in [2.24, 2.45) is 11.7 Å². The lowest BCUT2D eigenvalue weighted by atomic mass is 10.0. The molecule has 9 nitrogen and oxygen atoms in total. The lowest BCUT2D eigenvalue weighted by Crippen LogP contribution is -2.48. The summed E-state index contributed by atoms with van der Waals surface area (Å²) in [5, 5.41) is 11.3. The first-order valence-electron chi connectivity index (χ1n) is 10.5. The molecular formula is C20H39N5O4. The topological polar surface area (TPSA) is 142 Å². The first-order chi connectivity index (χ1) is 13.7. The number of Topliss-reactive ketones (excluding diaryl/α,β-unsaturated/α-hetero) is 1. The van der Waals surface area contributed by atoms with Crippen LogP contribution in [0.1, 0.15) is 59.8 Å². The van der Waals surface area contributed by atoms with E-state index < -0.39 is 6.04 Å². The number of carbonyl (C=O) groups excluding carboxylic acids is 4. The van der Waals surface area contributed by atoms with E-state index in [2.05, 4.69) is 21.3 Å². The van der Waals surface area contributed by atoms with Gasteiger partial charge in [-0.2, -0.15) is 0 Å². The summed E-state index contributed by atoms with van der Waals surface area (Å²) in [6.45, 7) is 9.41. The van der Waals surface area contributed by atoms with Gasteiger partial charge in [-0.05, 0) is 12.8 Å². The van der Waals surface area contributed by atoms with E-state index in [9.17, 15) is 19.2 Å². The molecular weight excluding hydrogens is 374 g/mol. The Morgan fingerprint density at radius 3 is 2.10 bits per heavy atom. The number of rotatable bonds is 16. The van der Waals surface area contributed by atoms with E-state index in [0.29, 0.717) is 45.1 Å². The van der Waals surface area contributed by atoms with Crippen molar-refractivity contribution in [1.29, 1.82) is 0 Å². The second-order valence-electron chi connectivity index (χ2n) is 7.67. The predicted molar refractivity (Wildman–Crippen MR) is 113 cm³/mol. The Hall–Kier alpha value is -2.00. The molecule has 0 fully saturated rings. The number of hydrogen-bond donors (Lipinski definition) is 5. The van der Waals surface area contributed by atoms with Crippen molar-refractivity contribution in [3.8, 4) is 0 Å². The van der Waals surface area contributed by atoms with Crippen LogP contribution in [0.3, 0.4) is 0 Å². The van der Waals surface area contributed by atoms with Crippen LogP contribution in [0.25, 0.3) is 0 Å². The zero-order valence-electron chi connectivity index (χ0n) is 18.3. The van der Waals surface area contributed by atoms with Crippen molar-refractivity contribution in [3.05, 3.63) is 0 Å². The van der Waals surface area contributed by atoms with Crippen molar-refractivity contribution < 1.29 is 19.2 Å². The molecule has 29 heavy (non-hydrogen) atoms. The van der Waals surface area contributed by atoms with Crippen LogP contribution >= 0.6 is 0 Å². The molecule has 168 valence electrons. The second-order valence-corrected chi connectivity index (χ2v) is 7.67. The summed E-state index contributed by atoms with van der Waals surface area (Å²) in [7, 11) is 0. The second kappa shape index (κ2) is 15.9. The standard InChI is InChI=1S/C20H39N5O4/c1-14(2)17(26)6-5-7-19(28)25-16(8-9-18(27)23-11-10-21)20(29)24-13-12-22-15(3)4/h14-16,22H,5-13,21H2,1-4H3,(H,23,27)(H,24,29)(H,25,28). The van der Waals surface area contributed by atoms with Crippen LogP contribution in [0.2, 0.25) is 0 Å². The smallest absolute Gasteiger partial charge is 0.242 e. The summed E-state index contributed by atoms with van der Waals surface area (Å²) in [6, 6.07) is -0.492. The summed E-state index contributed by atoms with van der Waals surface area (Å²) in [4.78, 5) is 48.1. The van der Waals surface area contributed by atoms with Gasteiger partial charge in [0.1, 0.15) is 11.8 Å². The zero-order chi connectivity index (χ0) is 22.2. The Balaban J connectivity index is 4.59. The van der Waals surface area contributed by atoms with E-state index >= 15 is 0 Å². The average molecular weight is 414 g/mol. The highest BCUT2D eigenvalue weighted by Crippen LogP contribution is 2.05. The molecule has 6 N–H and O–H groups in total. The van der Waals surface area contributed by atoms with E-state index in [1.54, 1.807) is 0 Å².